The summed E-state index contributed by atoms with van der Waals surface area (Å²) in [5, 5.41) is 11.8. The fourth-order valence-electron chi connectivity index (χ4n) is 2.64. The van der Waals surface area contributed by atoms with Gasteiger partial charge in [-0.25, -0.2) is 0 Å². The van der Waals surface area contributed by atoms with E-state index in [-0.39, 0.29) is 0 Å². The predicted molar refractivity (Wildman–Crippen MR) is 77.8 cm³/mol. The van der Waals surface area contributed by atoms with Crippen molar-refractivity contribution in [1.82, 2.24) is 15.5 Å². The summed E-state index contributed by atoms with van der Waals surface area (Å²) in [6, 6.07) is 8.62. The van der Waals surface area contributed by atoms with Crippen LogP contribution in [-0.2, 0) is 12.8 Å². The van der Waals surface area contributed by atoms with E-state index in [2.05, 4.69) is 46.7 Å². The quantitative estimate of drug-likeness (QED) is 0.929. The van der Waals surface area contributed by atoms with Gasteiger partial charge < -0.3 is 9.73 Å². The molecule has 0 atom stereocenters. The predicted octanol–water partition coefficient (Wildman–Crippen LogP) is 2.69. The molecule has 0 radical (unpaired) electrons. The summed E-state index contributed by atoms with van der Waals surface area (Å²) in [6.45, 7) is 4.25. The number of hydrogen-bond acceptors (Lipinski definition) is 4. The van der Waals surface area contributed by atoms with Crippen LogP contribution in [0.5, 0.6) is 0 Å². The maximum Gasteiger partial charge on any atom is 0.220 e. The molecule has 4 heteroatoms. The molecule has 1 N–H and O–H groups in total. The van der Waals surface area contributed by atoms with E-state index >= 15 is 0 Å². The Kier molecular flexibility index (Phi) is 4.11. The van der Waals surface area contributed by atoms with Crippen LogP contribution in [0.3, 0.4) is 0 Å². The minimum absolute atomic E-state index is 0.431. The molecule has 3 rings (SSSR count). The summed E-state index contributed by atoms with van der Waals surface area (Å²) < 4.78 is 5.83. The molecule has 1 aromatic carbocycles. The Hall–Kier alpha value is -1.68. The highest BCUT2D eigenvalue weighted by Gasteiger charge is 2.20. The molecule has 2 aromatic rings. The van der Waals surface area contributed by atoms with E-state index in [4.69, 9.17) is 4.42 Å². The fourth-order valence-corrected chi connectivity index (χ4v) is 2.64. The number of nitrogens with zero attached hydrogens (tertiary/aromatic N) is 2. The Labute approximate surface area is 119 Å². The molecule has 1 saturated heterocycles. The molecule has 0 amide bonds. The first-order chi connectivity index (χ1) is 9.85. The molecule has 0 saturated carbocycles. The molecule has 1 fully saturated rings. The third-order valence-corrected chi connectivity index (χ3v) is 3.96. The molecule has 0 bridgehead atoms. The number of aryl methyl sites for hydroxylation is 1. The van der Waals surface area contributed by atoms with Crippen molar-refractivity contribution in [3.63, 3.8) is 0 Å². The van der Waals surface area contributed by atoms with Gasteiger partial charge in [-0.1, -0.05) is 31.2 Å². The Bertz CT molecular complexity index is 541. The standard InChI is InChI=1S/C16H21N3O/c1-2-12-3-5-13(6-4-12)11-15-18-19-16(20-15)14-7-9-17-10-8-14/h3-6,14,17H,2,7-11H2,1H3. The van der Waals surface area contributed by atoms with E-state index in [1.165, 1.54) is 11.1 Å². The lowest BCUT2D eigenvalue weighted by atomic mass is 9.98. The van der Waals surface area contributed by atoms with Gasteiger partial charge in [-0.3, -0.25) is 0 Å². The zero-order chi connectivity index (χ0) is 13.8. The minimum Gasteiger partial charge on any atom is -0.425 e. The van der Waals surface area contributed by atoms with Gasteiger partial charge in [0.25, 0.3) is 0 Å². The average molecular weight is 271 g/mol. The number of aromatic nitrogens is 2. The van der Waals surface area contributed by atoms with Gasteiger partial charge in [0.2, 0.25) is 11.8 Å². The summed E-state index contributed by atoms with van der Waals surface area (Å²) >= 11 is 0. The molecule has 0 unspecified atom stereocenters. The summed E-state index contributed by atoms with van der Waals surface area (Å²) in [5.74, 6) is 1.97. The van der Waals surface area contributed by atoms with Gasteiger partial charge >= 0.3 is 0 Å². The van der Waals surface area contributed by atoms with Crippen LogP contribution in [0.4, 0.5) is 0 Å². The molecule has 0 spiro atoms. The van der Waals surface area contributed by atoms with Gasteiger partial charge in [0, 0.05) is 5.92 Å². The summed E-state index contributed by atoms with van der Waals surface area (Å²) in [6.07, 6.45) is 3.97. The number of nitrogens with one attached hydrogen (secondary N) is 1. The van der Waals surface area contributed by atoms with Gasteiger partial charge in [-0.2, -0.15) is 0 Å². The largest absolute Gasteiger partial charge is 0.425 e. The maximum absolute atomic E-state index is 5.83. The average Bonchev–Trinajstić information content (AvgIpc) is 2.97. The van der Waals surface area contributed by atoms with Crippen molar-refractivity contribution in [2.45, 2.75) is 38.5 Å². The van der Waals surface area contributed by atoms with Crippen molar-refractivity contribution >= 4 is 0 Å². The van der Waals surface area contributed by atoms with Crippen LogP contribution in [0.25, 0.3) is 0 Å². The zero-order valence-electron chi connectivity index (χ0n) is 11.9. The van der Waals surface area contributed by atoms with Gasteiger partial charge in [0.05, 0.1) is 6.42 Å². The molecular formula is C16H21N3O. The maximum atomic E-state index is 5.83. The van der Waals surface area contributed by atoms with Crippen LogP contribution < -0.4 is 5.32 Å². The SMILES string of the molecule is CCc1ccc(Cc2nnc(C3CCNCC3)o2)cc1. The van der Waals surface area contributed by atoms with Gasteiger partial charge in [-0.05, 0) is 43.5 Å². The molecule has 1 aliphatic heterocycles. The molecule has 0 aliphatic carbocycles. The van der Waals surface area contributed by atoms with Crippen LogP contribution in [0.2, 0.25) is 0 Å². The van der Waals surface area contributed by atoms with Crippen molar-refractivity contribution in [2.75, 3.05) is 13.1 Å². The molecular weight excluding hydrogens is 250 g/mol. The first kappa shape index (κ1) is 13.3. The van der Waals surface area contributed by atoms with E-state index in [1.807, 2.05) is 0 Å². The summed E-state index contributed by atoms with van der Waals surface area (Å²) in [5.41, 5.74) is 2.58. The second kappa shape index (κ2) is 6.18. The van der Waals surface area contributed by atoms with Crippen molar-refractivity contribution < 1.29 is 4.42 Å². The normalized spacial score (nSPS) is 16.4. The first-order valence-corrected chi connectivity index (χ1v) is 7.46. The monoisotopic (exact) mass is 271 g/mol. The summed E-state index contributed by atoms with van der Waals surface area (Å²) in [4.78, 5) is 0. The van der Waals surface area contributed by atoms with Gasteiger partial charge in [0.1, 0.15) is 0 Å². The van der Waals surface area contributed by atoms with Crippen LogP contribution in [0, 0.1) is 0 Å². The number of piperidine rings is 1. The second-order valence-electron chi connectivity index (χ2n) is 5.41. The highest BCUT2D eigenvalue weighted by Crippen LogP contribution is 2.24. The van der Waals surface area contributed by atoms with E-state index in [0.29, 0.717) is 5.92 Å². The van der Waals surface area contributed by atoms with E-state index < -0.39 is 0 Å². The third kappa shape index (κ3) is 3.07. The molecule has 1 aromatic heterocycles. The molecule has 20 heavy (non-hydrogen) atoms. The Balaban J connectivity index is 1.66. The van der Waals surface area contributed by atoms with Crippen LogP contribution in [0.1, 0.15) is 48.6 Å². The highest BCUT2D eigenvalue weighted by atomic mass is 16.4. The summed E-state index contributed by atoms with van der Waals surface area (Å²) in [7, 11) is 0. The Morgan fingerprint density at radius 1 is 1.10 bits per heavy atom. The third-order valence-electron chi connectivity index (χ3n) is 3.96. The minimum atomic E-state index is 0.431. The van der Waals surface area contributed by atoms with Gasteiger partial charge in [-0.15, -0.1) is 10.2 Å². The van der Waals surface area contributed by atoms with Crippen LogP contribution >= 0.6 is 0 Å². The van der Waals surface area contributed by atoms with Gasteiger partial charge in [0.15, 0.2) is 0 Å². The van der Waals surface area contributed by atoms with Crippen LogP contribution in [-0.4, -0.2) is 23.3 Å². The van der Waals surface area contributed by atoms with Crippen molar-refractivity contribution in [1.29, 1.82) is 0 Å². The molecule has 2 heterocycles. The fraction of sp³-hybridized carbons (Fsp3) is 0.500. The Morgan fingerprint density at radius 2 is 1.80 bits per heavy atom. The first-order valence-electron chi connectivity index (χ1n) is 7.46. The van der Waals surface area contributed by atoms with Crippen molar-refractivity contribution in [3.8, 4) is 0 Å². The molecule has 1 aliphatic rings. The van der Waals surface area contributed by atoms with E-state index in [9.17, 15) is 0 Å². The van der Waals surface area contributed by atoms with Crippen molar-refractivity contribution in [3.05, 3.63) is 47.2 Å². The Morgan fingerprint density at radius 3 is 2.50 bits per heavy atom. The highest BCUT2D eigenvalue weighted by molar-refractivity contribution is 5.24. The van der Waals surface area contributed by atoms with E-state index in [0.717, 1.165) is 50.6 Å². The van der Waals surface area contributed by atoms with Crippen molar-refractivity contribution in [2.24, 2.45) is 0 Å². The number of hydrogen-bond donors (Lipinski definition) is 1. The zero-order valence-corrected chi connectivity index (χ0v) is 11.9. The lowest BCUT2D eigenvalue weighted by Crippen LogP contribution is -2.26. The smallest absolute Gasteiger partial charge is 0.220 e. The number of benzene rings is 1. The van der Waals surface area contributed by atoms with E-state index in [1.54, 1.807) is 0 Å². The lowest BCUT2D eigenvalue weighted by molar-refractivity contribution is 0.363. The lowest BCUT2D eigenvalue weighted by Gasteiger charge is -2.18. The number of rotatable bonds is 4. The molecule has 4 nitrogen and oxygen atoms in total. The molecule has 106 valence electrons. The topological polar surface area (TPSA) is 51.0 Å². The second-order valence-corrected chi connectivity index (χ2v) is 5.41. The van der Waals surface area contributed by atoms with Crippen LogP contribution in [0.15, 0.2) is 28.7 Å².